The summed E-state index contributed by atoms with van der Waals surface area (Å²) in [5.74, 6) is -0.397. The number of rotatable bonds is 6. The third kappa shape index (κ3) is 4.73. The fourth-order valence-corrected chi connectivity index (χ4v) is 3.19. The van der Waals surface area contributed by atoms with Gasteiger partial charge in [-0.1, -0.05) is 29.5 Å². The molecule has 152 valence electrons. The van der Waals surface area contributed by atoms with Gasteiger partial charge in [-0.15, -0.1) is 5.10 Å². The molecule has 0 bridgehead atoms. The number of fused-ring (bicyclic) bond motifs is 1. The van der Waals surface area contributed by atoms with Gasteiger partial charge in [0.1, 0.15) is 0 Å². The van der Waals surface area contributed by atoms with Crippen molar-refractivity contribution in [1.29, 1.82) is 0 Å². The summed E-state index contributed by atoms with van der Waals surface area (Å²) in [5.41, 5.74) is 3.92. The van der Waals surface area contributed by atoms with E-state index >= 15 is 0 Å². The molecule has 0 spiro atoms. The number of carbonyl (C=O) groups excluding carboxylic acids is 2. The zero-order valence-corrected chi connectivity index (χ0v) is 17.8. The second kappa shape index (κ2) is 8.60. The van der Waals surface area contributed by atoms with Crippen molar-refractivity contribution < 1.29 is 14.3 Å². The number of anilines is 1. The Bertz CT molecular complexity index is 1060. The van der Waals surface area contributed by atoms with Crippen LogP contribution in [0.25, 0.3) is 5.78 Å². The topological polar surface area (TPSA) is 98.5 Å². The van der Waals surface area contributed by atoms with Crippen LogP contribution in [-0.2, 0) is 20.7 Å². The van der Waals surface area contributed by atoms with Crippen LogP contribution in [0, 0.1) is 20.8 Å². The molecular formula is C20H23N5O3S. The minimum absolute atomic E-state index is 0.00276. The highest BCUT2D eigenvalue weighted by Crippen LogP contribution is 2.18. The van der Waals surface area contributed by atoms with E-state index < -0.39 is 12.1 Å². The summed E-state index contributed by atoms with van der Waals surface area (Å²) in [6.45, 7) is 7.19. The van der Waals surface area contributed by atoms with Crippen molar-refractivity contribution in [3.8, 4) is 0 Å². The molecule has 0 saturated carbocycles. The van der Waals surface area contributed by atoms with E-state index in [4.69, 9.17) is 4.74 Å². The SMILES string of the molecule is CSc1nc2nc(C)c(CC(=O)O[C@H](C)C(=O)Nc3ccc(C)cc3)c(C)n2n1. The molecule has 0 saturated heterocycles. The lowest BCUT2D eigenvalue weighted by molar-refractivity contribution is -0.152. The average molecular weight is 414 g/mol. The molecular weight excluding hydrogens is 390 g/mol. The molecule has 1 aromatic carbocycles. The van der Waals surface area contributed by atoms with E-state index in [0.29, 0.717) is 27.9 Å². The summed E-state index contributed by atoms with van der Waals surface area (Å²) in [6.07, 6.45) is 0.964. The van der Waals surface area contributed by atoms with Crippen molar-refractivity contribution in [1.82, 2.24) is 19.6 Å². The van der Waals surface area contributed by atoms with Gasteiger partial charge in [0.05, 0.1) is 6.42 Å². The molecule has 2 heterocycles. The first-order valence-corrected chi connectivity index (χ1v) is 10.3. The summed E-state index contributed by atoms with van der Waals surface area (Å²) in [6, 6.07) is 7.40. The van der Waals surface area contributed by atoms with Crippen LogP contribution in [0.5, 0.6) is 0 Å². The van der Waals surface area contributed by atoms with Gasteiger partial charge < -0.3 is 10.1 Å². The van der Waals surface area contributed by atoms with Crippen molar-refractivity contribution in [2.45, 2.75) is 45.4 Å². The second-order valence-electron chi connectivity index (χ2n) is 6.74. The predicted molar refractivity (Wildman–Crippen MR) is 111 cm³/mol. The Labute approximate surface area is 173 Å². The number of hydrogen-bond donors (Lipinski definition) is 1. The number of benzene rings is 1. The number of amides is 1. The molecule has 0 radical (unpaired) electrons. The Morgan fingerprint density at radius 2 is 1.86 bits per heavy atom. The second-order valence-corrected chi connectivity index (χ2v) is 7.51. The molecule has 0 aliphatic heterocycles. The first-order valence-electron chi connectivity index (χ1n) is 9.12. The van der Waals surface area contributed by atoms with Gasteiger partial charge in [-0.3, -0.25) is 9.59 Å². The molecule has 1 N–H and O–H groups in total. The van der Waals surface area contributed by atoms with Crippen LogP contribution in [0.1, 0.15) is 29.4 Å². The van der Waals surface area contributed by atoms with Gasteiger partial charge >= 0.3 is 5.97 Å². The molecule has 0 aliphatic carbocycles. The smallest absolute Gasteiger partial charge is 0.311 e. The zero-order valence-electron chi connectivity index (χ0n) is 17.0. The van der Waals surface area contributed by atoms with E-state index in [-0.39, 0.29) is 12.3 Å². The van der Waals surface area contributed by atoms with Crippen LogP contribution < -0.4 is 5.32 Å². The van der Waals surface area contributed by atoms with Gasteiger partial charge in [-0.2, -0.15) is 4.98 Å². The van der Waals surface area contributed by atoms with Crippen molar-refractivity contribution >= 4 is 35.1 Å². The van der Waals surface area contributed by atoms with Crippen molar-refractivity contribution in [3.05, 3.63) is 46.8 Å². The summed E-state index contributed by atoms with van der Waals surface area (Å²) in [7, 11) is 0. The molecule has 2 aromatic heterocycles. The molecule has 1 atom stereocenters. The number of thioether (sulfide) groups is 1. The Morgan fingerprint density at radius 3 is 2.52 bits per heavy atom. The Balaban J connectivity index is 1.68. The molecule has 9 heteroatoms. The van der Waals surface area contributed by atoms with Crippen molar-refractivity contribution in [3.63, 3.8) is 0 Å². The lowest BCUT2D eigenvalue weighted by Crippen LogP contribution is -2.30. The highest BCUT2D eigenvalue weighted by Gasteiger charge is 2.21. The van der Waals surface area contributed by atoms with E-state index in [1.807, 2.05) is 39.2 Å². The maximum atomic E-state index is 12.4. The number of ether oxygens (including phenoxy) is 1. The molecule has 3 rings (SSSR count). The lowest BCUT2D eigenvalue weighted by atomic mass is 10.1. The maximum absolute atomic E-state index is 12.4. The van der Waals surface area contributed by atoms with Gasteiger partial charge in [-0.25, -0.2) is 9.50 Å². The molecule has 0 unspecified atom stereocenters. The summed E-state index contributed by atoms with van der Waals surface area (Å²) in [4.78, 5) is 33.5. The van der Waals surface area contributed by atoms with E-state index in [2.05, 4.69) is 20.4 Å². The monoisotopic (exact) mass is 413 g/mol. The summed E-state index contributed by atoms with van der Waals surface area (Å²) < 4.78 is 6.95. The first-order chi connectivity index (χ1) is 13.8. The predicted octanol–water partition coefficient (Wildman–Crippen LogP) is 2.88. The molecule has 3 aromatic rings. The summed E-state index contributed by atoms with van der Waals surface area (Å²) >= 11 is 1.42. The van der Waals surface area contributed by atoms with Gasteiger partial charge in [0.25, 0.3) is 11.7 Å². The first kappa shape index (κ1) is 20.8. The van der Waals surface area contributed by atoms with E-state index in [0.717, 1.165) is 11.3 Å². The van der Waals surface area contributed by atoms with Crippen LogP contribution in [-0.4, -0.2) is 43.8 Å². The Kier molecular flexibility index (Phi) is 6.17. The van der Waals surface area contributed by atoms with Gasteiger partial charge in [0.2, 0.25) is 5.16 Å². The fraction of sp³-hybridized carbons (Fsp3) is 0.350. The fourth-order valence-electron chi connectivity index (χ4n) is 2.85. The number of esters is 1. The zero-order chi connectivity index (χ0) is 21.1. The third-order valence-electron chi connectivity index (χ3n) is 4.53. The number of hydrogen-bond acceptors (Lipinski definition) is 7. The lowest BCUT2D eigenvalue weighted by Gasteiger charge is -2.15. The normalized spacial score (nSPS) is 12.0. The van der Waals surface area contributed by atoms with Crippen LogP contribution in [0.2, 0.25) is 0 Å². The molecule has 0 fully saturated rings. The highest BCUT2D eigenvalue weighted by molar-refractivity contribution is 7.98. The number of aromatic nitrogens is 4. The highest BCUT2D eigenvalue weighted by atomic mass is 32.2. The minimum Gasteiger partial charge on any atom is -0.452 e. The minimum atomic E-state index is -0.921. The van der Waals surface area contributed by atoms with Crippen molar-refractivity contribution in [2.24, 2.45) is 0 Å². The van der Waals surface area contributed by atoms with E-state index in [1.54, 1.807) is 23.6 Å². The summed E-state index contributed by atoms with van der Waals surface area (Å²) in [5, 5.41) is 7.72. The Morgan fingerprint density at radius 1 is 1.17 bits per heavy atom. The van der Waals surface area contributed by atoms with E-state index in [9.17, 15) is 9.59 Å². The van der Waals surface area contributed by atoms with Gasteiger partial charge in [0.15, 0.2) is 6.10 Å². The van der Waals surface area contributed by atoms with Gasteiger partial charge in [-0.05, 0) is 46.1 Å². The standard InChI is InChI=1S/C20H23N5O3S/c1-11-6-8-15(9-7-11)22-18(27)14(4)28-17(26)10-16-12(2)21-19-23-20(29-5)24-25(19)13(16)3/h6-9,14H,10H2,1-5H3,(H,22,27)/t14-/m1/s1. The van der Waals surface area contributed by atoms with Crippen LogP contribution in [0.4, 0.5) is 5.69 Å². The Hall–Kier alpha value is -2.94. The average Bonchev–Trinajstić information content (AvgIpc) is 3.10. The van der Waals surface area contributed by atoms with Crippen LogP contribution in [0.3, 0.4) is 0 Å². The maximum Gasteiger partial charge on any atom is 0.311 e. The molecule has 29 heavy (non-hydrogen) atoms. The molecule has 8 nitrogen and oxygen atoms in total. The number of aryl methyl sites for hydroxylation is 3. The number of carbonyl (C=O) groups is 2. The van der Waals surface area contributed by atoms with Crippen LogP contribution >= 0.6 is 11.8 Å². The van der Waals surface area contributed by atoms with Gasteiger partial charge in [0, 0.05) is 22.6 Å². The third-order valence-corrected chi connectivity index (χ3v) is 5.07. The number of nitrogens with zero attached hydrogens (tertiary/aromatic N) is 4. The molecule has 1 amide bonds. The number of nitrogens with one attached hydrogen (secondary N) is 1. The van der Waals surface area contributed by atoms with Crippen LogP contribution in [0.15, 0.2) is 29.4 Å². The quantitative estimate of drug-likeness (QED) is 0.490. The molecule has 0 aliphatic rings. The largest absolute Gasteiger partial charge is 0.452 e. The van der Waals surface area contributed by atoms with Crippen molar-refractivity contribution in [2.75, 3.05) is 11.6 Å². The van der Waals surface area contributed by atoms with E-state index in [1.165, 1.54) is 11.8 Å².